The van der Waals surface area contributed by atoms with E-state index in [1.165, 1.54) is 38.5 Å². The fraction of sp³-hybridized carbons (Fsp3) is 0.647. The van der Waals surface area contributed by atoms with Gasteiger partial charge in [-0.3, -0.25) is 0 Å². The van der Waals surface area contributed by atoms with Crippen LogP contribution in [0.5, 0.6) is 17.2 Å². The number of nitrogens with one attached hydrogen (secondary N) is 1. The monoisotopic (exact) mass is 293 g/mol. The molecular formula is C17H27NO3. The maximum atomic E-state index is 5.49. The summed E-state index contributed by atoms with van der Waals surface area (Å²) in [5, 5.41) is 3.66. The summed E-state index contributed by atoms with van der Waals surface area (Å²) in [6.45, 7) is 0.765. The summed E-state index contributed by atoms with van der Waals surface area (Å²) in [5.74, 6) is 2.38. The molecule has 1 fully saturated rings. The Kier molecular flexibility index (Phi) is 6.18. The summed E-state index contributed by atoms with van der Waals surface area (Å²) in [4.78, 5) is 0. The van der Waals surface area contributed by atoms with E-state index in [9.17, 15) is 0 Å². The van der Waals surface area contributed by atoms with Crippen molar-refractivity contribution in [2.45, 2.75) is 51.1 Å². The van der Waals surface area contributed by atoms with Crippen LogP contribution in [0.2, 0.25) is 0 Å². The highest BCUT2D eigenvalue weighted by molar-refractivity contribution is 5.50. The van der Waals surface area contributed by atoms with Gasteiger partial charge < -0.3 is 19.5 Å². The summed E-state index contributed by atoms with van der Waals surface area (Å²) in [5.41, 5.74) is 1.06. The van der Waals surface area contributed by atoms with Crippen molar-refractivity contribution in [3.8, 4) is 17.2 Å². The standard InChI is InChI=1S/C17H27NO3/c1-19-14-10-16(20-2)15(17(11-14)21-3)12-18-13-8-6-4-5-7-9-13/h10-11,13,18H,4-9,12H2,1-3H3. The molecule has 0 spiro atoms. The quantitative estimate of drug-likeness (QED) is 0.815. The Bertz CT molecular complexity index is 415. The highest BCUT2D eigenvalue weighted by Gasteiger charge is 2.16. The summed E-state index contributed by atoms with van der Waals surface area (Å²) < 4.78 is 16.3. The van der Waals surface area contributed by atoms with Gasteiger partial charge in [-0.1, -0.05) is 25.7 Å². The number of ether oxygens (including phenoxy) is 3. The smallest absolute Gasteiger partial charge is 0.130 e. The Labute approximate surface area is 127 Å². The predicted octanol–water partition coefficient (Wildman–Crippen LogP) is 3.52. The van der Waals surface area contributed by atoms with Crippen LogP contribution in [0.15, 0.2) is 12.1 Å². The Morgan fingerprint density at radius 3 is 1.95 bits per heavy atom. The maximum absolute atomic E-state index is 5.49. The molecule has 0 aromatic heterocycles. The topological polar surface area (TPSA) is 39.7 Å². The number of rotatable bonds is 6. The van der Waals surface area contributed by atoms with Crippen LogP contribution in [0, 0.1) is 0 Å². The zero-order valence-corrected chi connectivity index (χ0v) is 13.4. The molecule has 1 N–H and O–H groups in total. The van der Waals surface area contributed by atoms with Crippen LogP contribution < -0.4 is 19.5 Å². The third-order valence-electron chi connectivity index (χ3n) is 4.24. The second-order valence-electron chi connectivity index (χ2n) is 5.58. The molecule has 0 amide bonds. The van der Waals surface area contributed by atoms with Crippen molar-refractivity contribution in [3.05, 3.63) is 17.7 Å². The van der Waals surface area contributed by atoms with Crippen LogP contribution in [-0.2, 0) is 6.54 Å². The normalized spacial score (nSPS) is 16.3. The molecule has 4 nitrogen and oxygen atoms in total. The fourth-order valence-corrected chi connectivity index (χ4v) is 2.98. The van der Waals surface area contributed by atoms with Gasteiger partial charge in [-0.25, -0.2) is 0 Å². The zero-order valence-electron chi connectivity index (χ0n) is 13.4. The molecule has 0 unspecified atom stereocenters. The summed E-state index contributed by atoms with van der Waals surface area (Å²) in [6.07, 6.45) is 7.92. The van der Waals surface area contributed by atoms with E-state index in [1.54, 1.807) is 21.3 Å². The lowest BCUT2D eigenvalue weighted by Crippen LogP contribution is -2.28. The summed E-state index contributed by atoms with van der Waals surface area (Å²) in [6, 6.07) is 4.42. The Hall–Kier alpha value is -1.42. The molecule has 0 aliphatic heterocycles. The minimum absolute atomic E-state index is 0.601. The molecule has 118 valence electrons. The lowest BCUT2D eigenvalue weighted by Gasteiger charge is -2.19. The van der Waals surface area contributed by atoms with E-state index in [1.807, 2.05) is 12.1 Å². The first-order chi connectivity index (χ1) is 10.3. The molecule has 1 aromatic rings. The highest BCUT2D eigenvalue weighted by Crippen LogP contribution is 2.34. The van der Waals surface area contributed by atoms with Crippen LogP contribution in [-0.4, -0.2) is 27.4 Å². The van der Waals surface area contributed by atoms with E-state index in [0.717, 1.165) is 29.4 Å². The van der Waals surface area contributed by atoms with Crippen molar-refractivity contribution < 1.29 is 14.2 Å². The van der Waals surface area contributed by atoms with E-state index in [-0.39, 0.29) is 0 Å². The number of hydrogen-bond acceptors (Lipinski definition) is 4. The average Bonchev–Trinajstić information content (AvgIpc) is 2.80. The van der Waals surface area contributed by atoms with E-state index in [0.29, 0.717) is 6.04 Å². The minimum Gasteiger partial charge on any atom is -0.496 e. The largest absolute Gasteiger partial charge is 0.496 e. The van der Waals surface area contributed by atoms with Crippen molar-refractivity contribution in [3.63, 3.8) is 0 Å². The zero-order chi connectivity index (χ0) is 15.1. The van der Waals surface area contributed by atoms with Crippen molar-refractivity contribution in [2.75, 3.05) is 21.3 Å². The third-order valence-corrected chi connectivity index (χ3v) is 4.24. The van der Waals surface area contributed by atoms with Crippen molar-refractivity contribution in [2.24, 2.45) is 0 Å². The average molecular weight is 293 g/mol. The molecule has 1 saturated carbocycles. The predicted molar refractivity (Wildman–Crippen MR) is 84.4 cm³/mol. The third kappa shape index (κ3) is 4.27. The summed E-state index contributed by atoms with van der Waals surface area (Å²) >= 11 is 0. The van der Waals surface area contributed by atoms with Crippen molar-refractivity contribution in [1.29, 1.82) is 0 Å². The second-order valence-corrected chi connectivity index (χ2v) is 5.58. The molecule has 21 heavy (non-hydrogen) atoms. The molecule has 0 bridgehead atoms. The SMILES string of the molecule is COc1cc(OC)c(CNC2CCCCCC2)c(OC)c1. The molecule has 0 saturated heterocycles. The summed E-state index contributed by atoms with van der Waals surface area (Å²) in [7, 11) is 5.02. The second kappa shape index (κ2) is 8.13. The number of methoxy groups -OCH3 is 3. The van der Waals surface area contributed by atoms with E-state index < -0.39 is 0 Å². The van der Waals surface area contributed by atoms with E-state index in [2.05, 4.69) is 5.32 Å². The molecule has 1 aromatic carbocycles. The highest BCUT2D eigenvalue weighted by atomic mass is 16.5. The van der Waals surface area contributed by atoms with E-state index in [4.69, 9.17) is 14.2 Å². The molecular weight excluding hydrogens is 266 g/mol. The molecule has 4 heteroatoms. The van der Waals surface area contributed by atoms with E-state index >= 15 is 0 Å². The molecule has 1 aliphatic rings. The first-order valence-electron chi connectivity index (χ1n) is 7.80. The van der Waals surface area contributed by atoms with Crippen LogP contribution in [0.4, 0.5) is 0 Å². The molecule has 0 radical (unpaired) electrons. The van der Waals surface area contributed by atoms with Gasteiger partial charge >= 0.3 is 0 Å². The van der Waals surface area contributed by atoms with Gasteiger partial charge in [-0.05, 0) is 12.8 Å². The number of hydrogen-bond donors (Lipinski definition) is 1. The molecule has 1 aliphatic carbocycles. The van der Waals surface area contributed by atoms with Gasteiger partial charge in [0.25, 0.3) is 0 Å². The van der Waals surface area contributed by atoms with Gasteiger partial charge in [-0.2, -0.15) is 0 Å². The van der Waals surface area contributed by atoms with Gasteiger partial charge in [0, 0.05) is 24.7 Å². The lowest BCUT2D eigenvalue weighted by molar-refractivity contribution is 0.362. The minimum atomic E-state index is 0.601. The molecule has 0 atom stereocenters. The van der Waals surface area contributed by atoms with Gasteiger partial charge in [0.1, 0.15) is 17.2 Å². The van der Waals surface area contributed by atoms with Crippen LogP contribution >= 0.6 is 0 Å². The Balaban J connectivity index is 2.10. The van der Waals surface area contributed by atoms with Crippen molar-refractivity contribution >= 4 is 0 Å². The van der Waals surface area contributed by atoms with Gasteiger partial charge in [0.15, 0.2) is 0 Å². The molecule has 0 heterocycles. The van der Waals surface area contributed by atoms with Gasteiger partial charge in [0.05, 0.1) is 26.9 Å². The first kappa shape index (κ1) is 16.0. The first-order valence-corrected chi connectivity index (χ1v) is 7.80. The van der Waals surface area contributed by atoms with Crippen LogP contribution in [0.1, 0.15) is 44.1 Å². The fourth-order valence-electron chi connectivity index (χ4n) is 2.98. The number of benzene rings is 1. The van der Waals surface area contributed by atoms with Crippen LogP contribution in [0.25, 0.3) is 0 Å². The Morgan fingerprint density at radius 1 is 0.905 bits per heavy atom. The molecule has 2 rings (SSSR count). The Morgan fingerprint density at radius 2 is 1.48 bits per heavy atom. The van der Waals surface area contributed by atoms with Gasteiger partial charge in [0.2, 0.25) is 0 Å². The van der Waals surface area contributed by atoms with Crippen LogP contribution in [0.3, 0.4) is 0 Å². The maximum Gasteiger partial charge on any atom is 0.130 e. The van der Waals surface area contributed by atoms with Gasteiger partial charge in [-0.15, -0.1) is 0 Å². The lowest BCUT2D eigenvalue weighted by atomic mass is 10.1. The van der Waals surface area contributed by atoms with Crippen molar-refractivity contribution in [1.82, 2.24) is 5.32 Å².